The number of rotatable bonds is 5. The maximum atomic E-state index is 13.1. The SMILES string of the molecule is O=C(CN1CCCN(S(=O)(=O)c2ccc(F)cc2)CC1)Nc1ccc2c(c1)OCCO2. The van der Waals surface area contributed by atoms with E-state index in [9.17, 15) is 17.6 Å². The smallest absolute Gasteiger partial charge is 0.243 e. The Morgan fingerprint density at radius 2 is 1.71 bits per heavy atom. The van der Waals surface area contributed by atoms with Crippen LogP contribution in [0.15, 0.2) is 47.4 Å². The molecule has 1 amide bonds. The number of nitrogens with one attached hydrogen (secondary N) is 1. The van der Waals surface area contributed by atoms with Crippen LogP contribution in [0.3, 0.4) is 0 Å². The summed E-state index contributed by atoms with van der Waals surface area (Å²) in [6, 6.07) is 10.1. The van der Waals surface area contributed by atoms with Gasteiger partial charge in [-0.3, -0.25) is 9.69 Å². The number of hydrogen-bond donors (Lipinski definition) is 1. The summed E-state index contributed by atoms with van der Waals surface area (Å²) in [5, 5.41) is 2.85. The molecule has 10 heteroatoms. The second-order valence-electron chi connectivity index (χ2n) is 7.39. The zero-order chi connectivity index (χ0) is 21.8. The van der Waals surface area contributed by atoms with Gasteiger partial charge in [0.25, 0.3) is 0 Å². The molecule has 0 bridgehead atoms. The van der Waals surface area contributed by atoms with E-state index in [0.717, 1.165) is 12.1 Å². The molecule has 166 valence electrons. The van der Waals surface area contributed by atoms with Gasteiger partial charge >= 0.3 is 0 Å². The van der Waals surface area contributed by atoms with Crippen molar-refractivity contribution in [3.05, 3.63) is 48.3 Å². The molecular formula is C21H24FN3O5S. The Kier molecular flexibility index (Phi) is 6.40. The summed E-state index contributed by atoms with van der Waals surface area (Å²) in [4.78, 5) is 14.5. The number of halogens is 1. The van der Waals surface area contributed by atoms with E-state index in [2.05, 4.69) is 5.32 Å². The van der Waals surface area contributed by atoms with Gasteiger partial charge in [-0.05, 0) is 49.4 Å². The van der Waals surface area contributed by atoms with E-state index in [1.165, 1.54) is 16.4 Å². The fraction of sp³-hybridized carbons (Fsp3) is 0.381. The number of benzene rings is 2. The fourth-order valence-electron chi connectivity index (χ4n) is 3.63. The molecule has 1 saturated heterocycles. The first-order chi connectivity index (χ1) is 14.9. The van der Waals surface area contributed by atoms with Crippen molar-refractivity contribution in [3.8, 4) is 11.5 Å². The Balaban J connectivity index is 1.33. The predicted octanol–water partition coefficient (Wildman–Crippen LogP) is 1.93. The summed E-state index contributed by atoms with van der Waals surface area (Å²) in [5.74, 6) is 0.580. The highest BCUT2D eigenvalue weighted by molar-refractivity contribution is 7.89. The van der Waals surface area contributed by atoms with Gasteiger partial charge in [-0.25, -0.2) is 12.8 Å². The number of sulfonamides is 1. The predicted molar refractivity (Wildman–Crippen MR) is 112 cm³/mol. The highest BCUT2D eigenvalue weighted by Crippen LogP contribution is 2.32. The monoisotopic (exact) mass is 449 g/mol. The summed E-state index contributed by atoms with van der Waals surface area (Å²) in [6.45, 7) is 2.76. The van der Waals surface area contributed by atoms with Gasteiger partial charge in [0, 0.05) is 31.4 Å². The molecule has 8 nitrogen and oxygen atoms in total. The van der Waals surface area contributed by atoms with Gasteiger partial charge < -0.3 is 14.8 Å². The molecule has 0 atom stereocenters. The van der Waals surface area contributed by atoms with Crippen LogP contribution >= 0.6 is 0 Å². The van der Waals surface area contributed by atoms with Crippen LogP contribution in [0.5, 0.6) is 11.5 Å². The van der Waals surface area contributed by atoms with Crippen LogP contribution in [0.4, 0.5) is 10.1 Å². The molecular weight excluding hydrogens is 425 g/mol. The molecule has 0 radical (unpaired) electrons. The average Bonchev–Trinajstić information content (AvgIpc) is 3.00. The minimum atomic E-state index is -3.70. The van der Waals surface area contributed by atoms with Gasteiger partial charge in [-0.15, -0.1) is 0 Å². The van der Waals surface area contributed by atoms with Crippen molar-refractivity contribution in [3.63, 3.8) is 0 Å². The topological polar surface area (TPSA) is 88.2 Å². The molecule has 31 heavy (non-hydrogen) atoms. The number of carbonyl (C=O) groups is 1. The van der Waals surface area contributed by atoms with Crippen molar-refractivity contribution in [2.45, 2.75) is 11.3 Å². The maximum Gasteiger partial charge on any atom is 0.243 e. The van der Waals surface area contributed by atoms with E-state index < -0.39 is 15.8 Å². The van der Waals surface area contributed by atoms with Crippen molar-refractivity contribution in [2.24, 2.45) is 0 Å². The van der Waals surface area contributed by atoms with Crippen LogP contribution in [-0.4, -0.2) is 69.5 Å². The van der Waals surface area contributed by atoms with E-state index in [-0.39, 0.29) is 23.9 Å². The van der Waals surface area contributed by atoms with Gasteiger partial charge in [-0.2, -0.15) is 4.31 Å². The molecule has 1 fully saturated rings. The van der Waals surface area contributed by atoms with E-state index in [1.807, 2.05) is 4.90 Å². The van der Waals surface area contributed by atoms with Gasteiger partial charge in [-0.1, -0.05) is 0 Å². The minimum Gasteiger partial charge on any atom is -0.486 e. The number of amides is 1. The van der Waals surface area contributed by atoms with E-state index in [0.29, 0.717) is 56.5 Å². The summed E-state index contributed by atoms with van der Waals surface area (Å²) in [5.41, 5.74) is 0.615. The molecule has 2 aliphatic rings. The number of fused-ring (bicyclic) bond motifs is 1. The molecule has 0 saturated carbocycles. The lowest BCUT2D eigenvalue weighted by Crippen LogP contribution is -2.38. The summed E-state index contributed by atoms with van der Waals surface area (Å²) >= 11 is 0. The fourth-order valence-corrected chi connectivity index (χ4v) is 5.10. The minimum absolute atomic E-state index is 0.0682. The largest absolute Gasteiger partial charge is 0.486 e. The second kappa shape index (κ2) is 9.21. The van der Waals surface area contributed by atoms with E-state index in [4.69, 9.17) is 9.47 Å². The van der Waals surface area contributed by atoms with Crippen molar-refractivity contribution in [2.75, 3.05) is 51.3 Å². The third kappa shape index (κ3) is 5.15. The van der Waals surface area contributed by atoms with Crippen LogP contribution in [0.1, 0.15) is 6.42 Å². The van der Waals surface area contributed by atoms with Crippen LogP contribution in [0.2, 0.25) is 0 Å². The second-order valence-corrected chi connectivity index (χ2v) is 9.33. The average molecular weight is 450 g/mol. The molecule has 2 aromatic carbocycles. The number of hydrogen-bond acceptors (Lipinski definition) is 6. The van der Waals surface area contributed by atoms with Crippen molar-refractivity contribution < 1.29 is 27.1 Å². The molecule has 1 N–H and O–H groups in total. The lowest BCUT2D eigenvalue weighted by molar-refractivity contribution is -0.117. The molecule has 0 aromatic heterocycles. The van der Waals surface area contributed by atoms with Crippen LogP contribution in [0, 0.1) is 5.82 Å². The summed E-state index contributed by atoms with van der Waals surface area (Å²) in [6.07, 6.45) is 0.595. The lowest BCUT2D eigenvalue weighted by Gasteiger charge is -2.22. The van der Waals surface area contributed by atoms with Gasteiger partial charge in [0.2, 0.25) is 15.9 Å². The quantitative estimate of drug-likeness (QED) is 0.751. The molecule has 0 aliphatic carbocycles. The van der Waals surface area contributed by atoms with E-state index in [1.54, 1.807) is 18.2 Å². The first kappa shape index (κ1) is 21.5. The Morgan fingerprint density at radius 3 is 2.48 bits per heavy atom. The Bertz CT molecular complexity index is 1050. The van der Waals surface area contributed by atoms with Crippen molar-refractivity contribution in [1.82, 2.24) is 9.21 Å². The Hall–Kier alpha value is -2.69. The van der Waals surface area contributed by atoms with Crippen molar-refractivity contribution in [1.29, 1.82) is 0 Å². The van der Waals surface area contributed by atoms with Crippen LogP contribution in [0.25, 0.3) is 0 Å². The molecule has 2 aliphatic heterocycles. The summed E-state index contributed by atoms with van der Waals surface area (Å²) in [7, 11) is -3.70. The zero-order valence-electron chi connectivity index (χ0n) is 16.9. The highest BCUT2D eigenvalue weighted by atomic mass is 32.2. The zero-order valence-corrected chi connectivity index (χ0v) is 17.7. The maximum absolute atomic E-state index is 13.1. The highest BCUT2D eigenvalue weighted by Gasteiger charge is 2.27. The number of ether oxygens (including phenoxy) is 2. The Morgan fingerprint density at radius 1 is 0.968 bits per heavy atom. The van der Waals surface area contributed by atoms with Crippen molar-refractivity contribution >= 4 is 21.6 Å². The molecule has 2 aromatic rings. The van der Waals surface area contributed by atoms with Gasteiger partial charge in [0.1, 0.15) is 19.0 Å². The summed E-state index contributed by atoms with van der Waals surface area (Å²) < 4.78 is 51.2. The number of nitrogens with zero attached hydrogens (tertiary/aromatic N) is 2. The molecule has 2 heterocycles. The molecule has 0 unspecified atom stereocenters. The normalized spacial score (nSPS) is 17.7. The van der Waals surface area contributed by atoms with E-state index >= 15 is 0 Å². The van der Waals surface area contributed by atoms with Gasteiger partial charge in [0.05, 0.1) is 11.4 Å². The van der Waals surface area contributed by atoms with Crippen LogP contribution in [-0.2, 0) is 14.8 Å². The van der Waals surface area contributed by atoms with Gasteiger partial charge in [0.15, 0.2) is 11.5 Å². The Labute approximate surface area is 180 Å². The number of carbonyl (C=O) groups excluding carboxylic acids is 1. The first-order valence-corrected chi connectivity index (χ1v) is 11.5. The lowest BCUT2D eigenvalue weighted by atomic mass is 10.2. The van der Waals surface area contributed by atoms with Crippen LogP contribution < -0.4 is 14.8 Å². The molecule has 4 rings (SSSR count). The standard InChI is InChI=1S/C21H24FN3O5S/c22-16-2-5-18(6-3-16)31(27,28)25-9-1-8-24(10-11-25)15-21(26)23-17-4-7-19-20(14-17)30-13-12-29-19/h2-7,14H,1,8-13,15H2,(H,23,26). The molecule has 0 spiro atoms. The third-order valence-corrected chi connectivity index (χ3v) is 7.10. The number of anilines is 1. The third-order valence-electron chi connectivity index (χ3n) is 5.19. The first-order valence-electron chi connectivity index (χ1n) is 10.1.